The highest BCUT2D eigenvalue weighted by Crippen LogP contribution is 2.23. The summed E-state index contributed by atoms with van der Waals surface area (Å²) in [7, 11) is 0. The maximum absolute atomic E-state index is 12.2. The molecule has 17 heavy (non-hydrogen) atoms. The molecule has 0 saturated carbocycles. The summed E-state index contributed by atoms with van der Waals surface area (Å²) in [6, 6.07) is 8.65. The molecule has 86 valence electrons. The second-order valence-electron chi connectivity index (χ2n) is 3.40. The highest BCUT2D eigenvalue weighted by Gasteiger charge is 2.15. The molecule has 1 heterocycles. The zero-order chi connectivity index (χ0) is 12.4. The first-order valence-electron chi connectivity index (χ1n) is 4.80. The third kappa shape index (κ3) is 2.48. The molecule has 0 aliphatic rings. The summed E-state index contributed by atoms with van der Waals surface area (Å²) in [5.41, 5.74) is 6.51. The van der Waals surface area contributed by atoms with E-state index in [0.29, 0.717) is 20.6 Å². The predicted molar refractivity (Wildman–Crippen MR) is 71.2 cm³/mol. The minimum Gasteiger partial charge on any atom is -0.383 e. The highest BCUT2D eigenvalue weighted by atomic mass is 79.9. The van der Waals surface area contributed by atoms with Crippen molar-refractivity contribution in [2.45, 2.75) is 0 Å². The number of benzene rings is 1. The molecule has 2 N–H and O–H groups in total. The van der Waals surface area contributed by atoms with Gasteiger partial charge < -0.3 is 5.73 Å². The second kappa shape index (κ2) is 4.85. The van der Waals surface area contributed by atoms with E-state index >= 15 is 0 Å². The Morgan fingerprint density at radius 3 is 2.71 bits per heavy atom. The van der Waals surface area contributed by atoms with E-state index in [4.69, 9.17) is 17.3 Å². The van der Waals surface area contributed by atoms with E-state index in [1.807, 2.05) is 6.07 Å². The van der Waals surface area contributed by atoms with Gasteiger partial charge in [-0.15, -0.1) is 0 Å². The van der Waals surface area contributed by atoms with Gasteiger partial charge in [-0.05, 0) is 18.2 Å². The Hall–Kier alpha value is -1.39. The fraction of sp³-hybridized carbons (Fsp3) is 0. The van der Waals surface area contributed by atoms with Gasteiger partial charge in [-0.1, -0.05) is 39.7 Å². The molecule has 0 amide bonds. The van der Waals surface area contributed by atoms with Crippen LogP contribution in [0.15, 0.2) is 41.0 Å². The highest BCUT2D eigenvalue weighted by molar-refractivity contribution is 9.10. The summed E-state index contributed by atoms with van der Waals surface area (Å²) in [5.74, 6) is -0.0277. The van der Waals surface area contributed by atoms with Crippen molar-refractivity contribution in [1.82, 2.24) is 4.98 Å². The van der Waals surface area contributed by atoms with Gasteiger partial charge in [-0.2, -0.15) is 0 Å². The average molecular weight is 312 g/mol. The molecule has 0 atom stereocenters. The van der Waals surface area contributed by atoms with Gasteiger partial charge in [0.2, 0.25) is 0 Å². The molecule has 0 fully saturated rings. The molecule has 3 nitrogen and oxygen atoms in total. The fourth-order valence-electron chi connectivity index (χ4n) is 1.42. The number of halogens is 2. The van der Waals surface area contributed by atoms with Gasteiger partial charge in [-0.25, -0.2) is 4.98 Å². The zero-order valence-electron chi connectivity index (χ0n) is 8.65. The summed E-state index contributed by atoms with van der Waals surface area (Å²) in [4.78, 5) is 16.1. The van der Waals surface area contributed by atoms with Crippen molar-refractivity contribution in [3.63, 3.8) is 0 Å². The number of nitrogen functional groups attached to an aromatic ring is 1. The zero-order valence-corrected chi connectivity index (χ0v) is 11.0. The van der Waals surface area contributed by atoms with Crippen molar-refractivity contribution < 1.29 is 4.79 Å². The van der Waals surface area contributed by atoms with E-state index in [2.05, 4.69) is 20.9 Å². The van der Waals surface area contributed by atoms with E-state index in [9.17, 15) is 4.79 Å². The van der Waals surface area contributed by atoms with Gasteiger partial charge in [0.25, 0.3) is 0 Å². The van der Waals surface area contributed by atoms with Crippen LogP contribution >= 0.6 is 27.5 Å². The Morgan fingerprint density at radius 2 is 2.00 bits per heavy atom. The maximum Gasteiger partial charge on any atom is 0.197 e. The van der Waals surface area contributed by atoms with Gasteiger partial charge >= 0.3 is 0 Å². The molecule has 2 aromatic rings. The van der Waals surface area contributed by atoms with Crippen molar-refractivity contribution in [2.75, 3.05) is 5.73 Å². The first-order valence-corrected chi connectivity index (χ1v) is 5.97. The lowest BCUT2D eigenvalue weighted by Gasteiger charge is -2.06. The summed E-state index contributed by atoms with van der Waals surface area (Å²) in [5, 5.41) is 0.384. The molecule has 0 bridgehead atoms. The standard InChI is InChI=1S/C12H8BrClN2O/c13-10-4-2-1-3-8(10)11(17)9-5-7(14)6-16-12(9)15/h1-6H,(H2,15,16). The van der Waals surface area contributed by atoms with Crippen LogP contribution in [0, 0.1) is 0 Å². The number of hydrogen-bond acceptors (Lipinski definition) is 3. The van der Waals surface area contributed by atoms with Crippen molar-refractivity contribution >= 4 is 39.1 Å². The van der Waals surface area contributed by atoms with Crippen molar-refractivity contribution in [3.05, 3.63) is 57.2 Å². The number of nitrogens with zero attached hydrogens (tertiary/aromatic N) is 1. The minimum absolute atomic E-state index is 0.176. The van der Waals surface area contributed by atoms with Crippen LogP contribution in [-0.2, 0) is 0 Å². The van der Waals surface area contributed by atoms with Gasteiger partial charge in [0.1, 0.15) is 5.82 Å². The van der Waals surface area contributed by atoms with Crippen LogP contribution in [0.25, 0.3) is 0 Å². The van der Waals surface area contributed by atoms with E-state index < -0.39 is 0 Å². The number of aromatic nitrogens is 1. The number of carbonyl (C=O) groups is 1. The fourth-order valence-corrected chi connectivity index (χ4v) is 2.04. The van der Waals surface area contributed by atoms with E-state index in [0.717, 1.165) is 0 Å². The van der Waals surface area contributed by atoms with Gasteiger partial charge in [-0.3, -0.25) is 4.79 Å². The summed E-state index contributed by atoms with van der Waals surface area (Å²) in [6.07, 6.45) is 1.41. The van der Waals surface area contributed by atoms with Gasteiger partial charge in [0.05, 0.1) is 10.6 Å². The number of nitrogens with two attached hydrogens (primary N) is 1. The molecule has 0 aliphatic heterocycles. The van der Waals surface area contributed by atoms with Crippen LogP contribution < -0.4 is 5.73 Å². The molecule has 0 radical (unpaired) electrons. The van der Waals surface area contributed by atoms with Crippen molar-refractivity contribution in [2.24, 2.45) is 0 Å². The number of ketones is 1. The van der Waals surface area contributed by atoms with Gasteiger partial charge in [0, 0.05) is 16.2 Å². The molecule has 0 saturated heterocycles. The Morgan fingerprint density at radius 1 is 1.29 bits per heavy atom. The van der Waals surface area contributed by atoms with Crippen molar-refractivity contribution in [1.29, 1.82) is 0 Å². The molecule has 0 aliphatic carbocycles. The average Bonchev–Trinajstić information content (AvgIpc) is 2.32. The molecule has 5 heteroatoms. The molecular formula is C12H8BrClN2O. The third-order valence-corrected chi connectivity index (χ3v) is 3.15. The monoisotopic (exact) mass is 310 g/mol. The summed E-state index contributed by atoms with van der Waals surface area (Å²) < 4.78 is 0.712. The SMILES string of the molecule is Nc1ncc(Cl)cc1C(=O)c1ccccc1Br. The number of carbonyl (C=O) groups excluding carboxylic acids is 1. The number of hydrogen-bond donors (Lipinski definition) is 1. The normalized spacial score (nSPS) is 10.2. The van der Waals surface area contributed by atoms with Crippen LogP contribution in [-0.4, -0.2) is 10.8 Å². The van der Waals surface area contributed by atoms with Gasteiger partial charge in [0.15, 0.2) is 5.78 Å². The Balaban J connectivity index is 2.51. The minimum atomic E-state index is -0.204. The number of anilines is 1. The molecule has 2 rings (SSSR count). The second-order valence-corrected chi connectivity index (χ2v) is 4.69. The molecule has 1 aromatic carbocycles. The van der Waals surface area contributed by atoms with Crippen LogP contribution in [0.1, 0.15) is 15.9 Å². The lowest BCUT2D eigenvalue weighted by atomic mass is 10.0. The molecule has 1 aromatic heterocycles. The number of rotatable bonds is 2. The van der Waals surface area contributed by atoms with E-state index in [-0.39, 0.29) is 11.6 Å². The summed E-state index contributed by atoms with van der Waals surface area (Å²) >= 11 is 9.13. The Labute approximate surface area is 112 Å². The van der Waals surface area contributed by atoms with E-state index in [1.165, 1.54) is 12.3 Å². The van der Waals surface area contributed by atoms with E-state index in [1.54, 1.807) is 18.2 Å². The molecular weight excluding hydrogens is 304 g/mol. The Bertz CT molecular complexity index is 586. The number of pyridine rings is 1. The largest absolute Gasteiger partial charge is 0.383 e. The smallest absolute Gasteiger partial charge is 0.197 e. The quantitative estimate of drug-likeness (QED) is 0.866. The van der Waals surface area contributed by atoms with Crippen LogP contribution in [0.3, 0.4) is 0 Å². The molecule has 0 spiro atoms. The first kappa shape index (κ1) is 12.1. The lowest BCUT2D eigenvalue weighted by Crippen LogP contribution is -2.07. The van der Waals surface area contributed by atoms with Crippen LogP contribution in [0.4, 0.5) is 5.82 Å². The van der Waals surface area contributed by atoms with Crippen molar-refractivity contribution in [3.8, 4) is 0 Å². The predicted octanol–water partition coefficient (Wildman–Crippen LogP) is 3.31. The first-order chi connectivity index (χ1) is 8.09. The van der Waals surface area contributed by atoms with Crippen LogP contribution in [0.2, 0.25) is 5.02 Å². The lowest BCUT2D eigenvalue weighted by molar-refractivity contribution is 0.103. The third-order valence-electron chi connectivity index (χ3n) is 2.25. The topological polar surface area (TPSA) is 56.0 Å². The molecule has 0 unspecified atom stereocenters. The summed E-state index contributed by atoms with van der Waals surface area (Å²) in [6.45, 7) is 0. The maximum atomic E-state index is 12.2. The Kier molecular flexibility index (Phi) is 3.45. The van der Waals surface area contributed by atoms with Crippen LogP contribution in [0.5, 0.6) is 0 Å².